The van der Waals surface area contributed by atoms with Crippen LogP contribution in [-0.4, -0.2) is 57.2 Å². The van der Waals surface area contributed by atoms with Gasteiger partial charge < -0.3 is 10.2 Å². The van der Waals surface area contributed by atoms with Gasteiger partial charge in [0.05, 0.1) is 6.54 Å². The summed E-state index contributed by atoms with van der Waals surface area (Å²) < 4.78 is 1.73. The second-order valence-corrected chi connectivity index (χ2v) is 5.98. The third-order valence-electron chi connectivity index (χ3n) is 4.42. The quantitative estimate of drug-likeness (QED) is 0.898. The van der Waals surface area contributed by atoms with Crippen molar-refractivity contribution in [3.8, 4) is 0 Å². The number of hydrogen-bond donors (Lipinski definition) is 1. The summed E-state index contributed by atoms with van der Waals surface area (Å²) in [6.07, 6.45) is 2.03. The highest BCUT2D eigenvalue weighted by Gasteiger charge is 2.22. The number of nitrogens with one attached hydrogen (secondary N) is 1. The highest BCUT2D eigenvalue weighted by molar-refractivity contribution is 5.94. The molecule has 1 N–H and O–H groups in total. The maximum atomic E-state index is 12.6. The van der Waals surface area contributed by atoms with Gasteiger partial charge in [0, 0.05) is 18.7 Å². The molecule has 0 unspecified atom stereocenters. The number of amides is 1. The Morgan fingerprint density at radius 3 is 2.54 bits per heavy atom. The minimum Gasteiger partial charge on any atom is -0.339 e. The predicted molar refractivity (Wildman–Crippen MR) is 93.3 cm³/mol. The number of halogens is 1. The Labute approximate surface area is 147 Å². The summed E-state index contributed by atoms with van der Waals surface area (Å²) >= 11 is 0. The fourth-order valence-corrected chi connectivity index (χ4v) is 2.88. The van der Waals surface area contributed by atoms with Crippen molar-refractivity contribution in [2.75, 3.05) is 20.1 Å². The van der Waals surface area contributed by atoms with E-state index in [1.165, 1.54) is 0 Å². The summed E-state index contributed by atoms with van der Waals surface area (Å²) in [5, 5.41) is 14.8. The third kappa shape index (κ3) is 4.10. The Morgan fingerprint density at radius 2 is 1.96 bits per heavy atom. The zero-order valence-corrected chi connectivity index (χ0v) is 14.8. The van der Waals surface area contributed by atoms with Gasteiger partial charge in [0.15, 0.2) is 0 Å². The monoisotopic (exact) mass is 350 g/mol. The minimum absolute atomic E-state index is 0. The number of piperidine rings is 1. The van der Waals surface area contributed by atoms with Crippen LogP contribution in [0.5, 0.6) is 0 Å². The maximum absolute atomic E-state index is 12.6. The van der Waals surface area contributed by atoms with Crippen LogP contribution < -0.4 is 5.32 Å². The number of carbonyl (C=O) groups excluding carboxylic acids is 1. The van der Waals surface area contributed by atoms with Crippen molar-refractivity contribution in [3.05, 3.63) is 41.2 Å². The SMILES string of the molecule is Cc1nnnn1Cc1ccc(C(=O)N(C)C2CCNCC2)cc1.Cl. The maximum Gasteiger partial charge on any atom is 0.253 e. The van der Waals surface area contributed by atoms with Crippen molar-refractivity contribution in [1.82, 2.24) is 30.4 Å². The molecule has 7 nitrogen and oxygen atoms in total. The van der Waals surface area contributed by atoms with Gasteiger partial charge in [-0.05, 0) is 61.0 Å². The Kier molecular flexibility index (Phi) is 6.28. The van der Waals surface area contributed by atoms with E-state index in [9.17, 15) is 4.79 Å². The molecule has 0 aliphatic carbocycles. The van der Waals surface area contributed by atoms with Gasteiger partial charge in [0.25, 0.3) is 5.91 Å². The molecule has 130 valence electrons. The molecule has 0 bridgehead atoms. The van der Waals surface area contributed by atoms with Crippen LogP contribution in [0.15, 0.2) is 24.3 Å². The molecule has 24 heavy (non-hydrogen) atoms. The van der Waals surface area contributed by atoms with Gasteiger partial charge in [-0.25, -0.2) is 4.68 Å². The first kappa shape index (κ1) is 18.4. The van der Waals surface area contributed by atoms with Crippen LogP contribution in [0.25, 0.3) is 0 Å². The Morgan fingerprint density at radius 1 is 1.29 bits per heavy atom. The topological polar surface area (TPSA) is 75.9 Å². The zero-order chi connectivity index (χ0) is 16.2. The lowest BCUT2D eigenvalue weighted by atomic mass is 10.0. The fourth-order valence-electron chi connectivity index (χ4n) is 2.88. The van der Waals surface area contributed by atoms with Crippen LogP contribution in [0.3, 0.4) is 0 Å². The highest BCUT2D eigenvalue weighted by Crippen LogP contribution is 2.15. The molecule has 0 radical (unpaired) electrons. The summed E-state index contributed by atoms with van der Waals surface area (Å²) in [5.41, 5.74) is 1.80. The molecule has 1 fully saturated rings. The van der Waals surface area contributed by atoms with Gasteiger partial charge in [-0.1, -0.05) is 12.1 Å². The van der Waals surface area contributed by atoms with E-state index < -0.39 is 0 Å². The largest absolute Gasteiger partial charge is 0.339 e. The molecule has 1 aromatic carbocycles. The molecule has 1 saturated heterocycles. The van der Waals surface area contributed by atoms with Crippen LogP contribution in [0, 0.1) is 6.92 Å². The third-order valence-corrected chi connectivity index (χ3v) is 4.42. The molecule has 3 rings (SSSR count). The van der Waals surface area contributed by atoms with Crippen molar-refractivity contribution in [2.45, 2.75) is 32.4 Å². The molecule has 1 aromatic heterocycles. The summed E-state index contributed by atoms with van der Waals surface area (Å²) in [7, 11) is 1.90. The van der Waals surface area contributed by atoms with Gasteiger partial charge in [-0.15, -0.1) is 17.5 Å². The van der Waals surface area contributed by atoms with Gasteiger partial charge in [0.1, 0.15) is 5.82 Å². The molecule has 0 saturated carbocycles. The van der Waals surface area contributed by atoms with E-state index in [0.29, 0.717) is 12.6 Å². The van der Waals surface area contributed by atoms with Crippen molar-refractivity contribution in [3.63, 3.8) is 0 Å². The van der Waals surface area contributed by atoms with Gasteiger partial charge in [0.2, 0.25) is 0 Å². The number of hydrogen-bond acceptors (Lipinski definition) is 5. The molecule has 0 spiro atoms. The van der Waals surface area contributed by atoms with Gasteiger partial charge in [-0.3, -0.25) is 4.79 Å². The van der Waals surface area contributed by atoms with E-state index in [2.05, 4.69) is 20.8 Å². The van der Waals surface area contributed by atoms with E-state index in [-0.39, 0.29) is 18.3 Å². The number of carbonyl (C=O) groups is 1. The van der Waals surface area contributed by atoms with E-state index in [4.69, 9.17) is 0 Å². The summed E-state index contributed by atoms with van der Waals surface area (Å²) in [6, 6.07) is 8.02. The summed E-state index contributed by atoms with van der Waals surface area (Å²) in [4.78, 5) is 14.5. The number of benzene rings is 1. The van der Waals surface area contributed by atoms with Crippen LogP contribution in [0.4, 0.5) is 0 Å². The van der Waals surface area contributed by atoms with Crippen molar-refractivity contribution in [1.29, 1.82) is 0 Å². The lowest BCUT2D eigenvalue weighted by molar-refractivity contribution is 0.0703. The van der Waals surface area contributed by atoms with Crippen molar-refractivity contribution in [2.24, 2.45) is 0 Å². The number of aromatic nitrogens is 4. The lowest BCUT2D eigenvalue weighted by Gasteiger charge is -2.31. The molecule has 2 heterocycles. The van der Waals surface area contributed by atoms with Gasteiger partial charge in [-0.2, -0.15) is 0 Å². The molecule has 2 aromatic rings. The molecular weight excluding hydrogens is 328 g/mol. The van der Waals surface area contributed by atoms with Crippen molar-refractivity contribution < 1.29 is 4.79 Å². The van der Waals surface area contributed by atoms with Crippen LogP contribution in [-0.2, 0) is 6.54 Å². The second-order valence-electron chi connectivity index (χ2n) is 5.98. The summed E-state index contributed by atoms with van der Waals surface area (Å²) in [5.74, 6) is 0.859. The van der Waals surface area contributed by atoms with Crippen LogP contribution >= 0.6 is 12.4 Å². The number of aryl methyl sites for hydroxylation is 1. The van der Waals surface area contributed by atoms with Gasteiger partial charge >= 0.3 is 0 Å². The fraction of sp³-hybridized carbons (Fsp3) is 0.500. The molecule has 1 amide bonds. The Hall–Kier alpha value is -1.99. The Balaban J connectivity index is 0.00000208. The number of tetrazole rings is 1. The second kappa shape index (κ2) is 8.21. The smallest absolute Gasteiger partial charge is 0.253 e. The molecule has 1 aliphatic rings. The van der Waals surface area contributed by atoms with E-state index in [0.717, 1.165) is 42.9 Å². The normalized spacial score (nSPS) is 14.9. The zero-order valence-electron chi connectivity index (χ0n) is 14.0. The molecule has 1 aliphatic heterocycles. The summed E-state index contributed by atoms with van der Waals surface area (Å²) in [6.45, 7) is 4.43. The van der Waals surface area contributed by atoms with E-state index >= 15 is 0 Å². The highest BCUT2D eigenvalue weighted by atomic mass is 35.5. The average Bonchev–Trinajstić information content (AvgIpc) is 3.00. The molecule has 0 atom stereocenters. The van der Waals surface area contributed by atoms with E-state index in [1.807, 2.05) is 43.1 Å². The standard InChI is InChI=1S/C16H22N6O.ClH/c1-12-18-19-20-22(12)11-13-3-5-14(6-4-13)16(23)21(2)15-7-9-17-10-8-15;/h3-6,15,17H,7-11H2,1-2H3;1H. The number of nitrogens with zero attached hydrogens (tertiary/aromatic N) is 5. The first-order valence-electron chi connectivity index (χ1n) is 7.95. The minimum atomic E-state index is 0. The first-order valence-corrected chi connectivity index (χ1v) is 7.95. The van der Waals surface area contributed by atoms with Crippen LogP contribution in [0.1, 0.15) is 34.6 Å². The molecule has 8 heteroatoms. The lowest BCUT2D eigenvalue weighted by Crippen LogP contribution is -2.43. The predicted octanol–water partition coefficient (Wildman–Crippen LogP) is 1.28. The average molecular weight is 351 g/mol. The molecular formula is C16H23ClN6O. The first-order chi connectivity index (χ1) is 11.1. The van der Waals surface area contributed by atoms with E-state index in [1.54, 1.807) is 4.68 Å². The number of rotatable bonds is 4. The Bertz CT molecular complexity index is 665. The van der Waals surface area contributed by atoms with Crippen LogP contribution in [0.2, 0.25) is 0 Å². The van der Waals surface area contributed by atoms with Crippen molar-refractivity contribution >= 4 is 18.3 Å².